The van der Waals surface area contributed by atoms with Crippen molar-refractivity contribution in [1.82, 2.24) is 4.90 Å². The average Bonchev–Trinajstić information content (AvgIpc) is 3.37. The molecule has 1 aromatic heterocycles. The number of hydrogen-bond acceptors (Lipinski definition) is 7. The van der Waals surface area contributed by atoms with E-state index in [1.165, 1.54) is 43.9 Å². The number of nitrogens with zero attached hydrogens (tertiary/aromatic N) is 1. The predicted molar refractivity (Wildman–Crippen MR) is 107 cm³/mol. The zero-order valence-corrected chi connectivity index (χ0v) is 17.1. The van der Waals surface area contributed by atoms with Gasteiger partial charge in [-0.3, -0.25) is 9.59 Å². The number of carbonyl (C=O) groups is 3. The zero-order chi connectivity index (χ0) is 21.0. The largest absolute Gasteiger partial charge is 0.495 e. The van der Waals surface area contributed by atoms with Crippen LogP contribution in [0.2, 0.25) is 0 Å². The number of para-hydroxylation sites is 2. The van der Waals surface area contributed by atoms with Gasteiger partial charge in [0.25, 0.3) is 5.91 Å². The van der Waals surface area contributed by atoms with E-state index in [1.807, 2.05) is 0 Å². The van der Waals surface area contributed by atoms with Gasteiger partial charge in [0.1, 0.15) is 22.9 Å². The van der Waals surface area contributed by atoms with Crippen molar-refractivity contribution in [2.45, 2.75) is 31.4 Å². The second-order valence-electron chi connectivity index (χ2n) is 6.41. The number of amides is 2. The molecule has 0 radical (unpaired) electrons. The Morgan fingerprint density at radius 2 is 2.00 bits per heavy atom. The van der Waals surface area contributed by atoms with Crippen molar-refractivity contribution in [3.05, 3.63) is 48.4 Å². The number of furan rings is 1. The fourth-order valence-electron chi connectivity index (χ4n) is 3.01. The first kappa shape index (κ1) is 20.8. The predicted octanol–water partition coefficient (Wildman–Crippen LogP) is 2.82. The molecule has 0 bridgehead atoms. The average molecular weight is 418 g/mol. The standard InChI is InChI=1S/C20H22N2O6S/c1-12(18(24)21-14-7-4-5-8-16(14)26-3)28-20(25)15-11-29-19(22(15)13(2)23)17-9-6-10-27-17/h4-10,12,15,19H,11H2,1-3H3,(H,21,24)/t12-,15+,19-/m1/s1. The Kier molecular flexibility index (Phi) is 6.48. The lowest BCUT2D eigenvalue weighted by atomic mass is 10.2. The van der Waals surface area contributed by atoms with Crippen LogP contribution in [0.1, 0.15) is 25.0 Å². The normalized spacial score (nSPS) is 19.5. The Hall–Kier alpha value is -2.94. The fourth-order valence-corrected chi connectivity index (χ4v) is 4.43. The first-order valence-corrected chi connectivity index (χ1v) is 10.1. The number of carbonyl (C=O) groups excluding carboxylic acids is 3. The number of nitrogens with one attached hydrogen (secondary N) is 1. The topological polar surface area (TPSA) is 98.1 Å². The molecule has 2 heterocycles. The van der Waals surface area contributed by atoms with Crippen molar-refractivity contribution in [2.24, 2.45) is 0 Å². The molecule has 0 aliphatic carbocycles. The first-order chi connectivity index (χ1) is 13.9. The third-order valence-corrected chi connectivity index (χ3v) is 5.73. The van der Waals surface area contributed by atoms with Crippen LogP contribution >= 0.6 is 11.8 Å². The molecule has 154 valence electrons. The van der Waals surface area contributed by atoms with E-state index >= 15 is 0 Å². The third kappa shape index (κ3) is 4.56. The summed E-state index contributed by atoms with van der Waals surface area (Å²) in [6, 6.07) is 9.61. The number of hydrogen-bond donors (Lipinski definition) is 1. The molecular formula is C20H22N2O6S. The van der Waals surface area contributed by atoms with E-state index in [0.29, 0.717) is 22.9 Å². The first-order valence-electron chi connectivity index (χ1n) is 9.00. The quantitative estimate of drug-likeness (QED) is 0.720. The molecule has 0 spiro atoms. The minimum Gasteiger partial charge on any atom is -0.495 e. The lowest BCUT2D eigenvalue weighted by Crippen LogP contribution is -2.44. The van der Waals surface area contributed by atoms with Gasteiger partial charge < -0.3 is 24.1 Å². The summed E-state index contributed by atoms with van der Waals surface area (Å²) >= 11 is 1.41. The van der Waals surface area contributed by atoms with Gasteiger partial charge in [-0.15, -0.1) is 11.8 Å². The van der Waals surface area contributed by atoms with Crippen molar-refractivity contribution < 1.29 is 28.3 Å². The smallest absolute Gasteiger partial charge is 0.330 e. The molecule has 1 N–H and O–H groups in total. The van der Waals surface area contributed by atoms with E-state index in [2.05, 4.69) is 5.32 Å². The molecule has 0 saturated carbocycles. The van der Waals surface area contributed by atoms with Gasteiger partial charge in [0.15, 0.2) is 6.10 Å². The lowest BCUT2D eigenvalue weighted by Gasteiger charge is -2.26. The number of rotatable bonds is 6. The van der Waals surface area contributed by atoms with Crippen molar-refractivity contribution in [2.75, 3.05) is 18.2 Å². The van der Waals surface area contributed by atoms with Crippen LogP contribution in [-0.2, 0) is 19.1 Å². The Labute approximate surface area is 172 Å². The number of methoxy groups -OCH3 is 1. The number of anilines is 1. The van der Waals surface area contributed by atoms with Crippen molar-refractivity contribution in [1.29, 1.82) is 0 Å². The zero-order valence-electron chi connectivity index (χ0n) is 16.3. The molecule has 9 heteroatoms. The molecule has 2 amide bonds. The minimum atomic E-state index is -1.05. The molecule has 29 heavy (non-hydrogen) atoms. The molecule has 0 unspecified atom stereocenters. The number of benzene rings is 1. The SMILES string of the molecule is COc1ccccc1NC(=O)[C@@H](C)OC(=O)[C@@H]1CS[C@H](c2ccco2)N1C(C)=O. The van der Waals surface area contributed by atoms with Crippen LogP contribution in [0.25, 0.3) is 0 Å². The summed E-state index contributed by atoms with van der Waals surface area (Å²) in [7, 11) is 1.50. The fraction of sp³-hybridized carbons (Fsp3) is 0.350. The van der Waals surface area contributed by atoms with Crippen LogP contribution in [0.5, 0.6) is 5.75 Å². The molecular weight excluding hydrogens is 396 g/mol. The van der Waals surface area contributed by atoms with Gasteiger partial charge >= 0.3 is 5.97 Å². The molecule has 3 atom stereocenters. The molecule has 1 saturated heterocycles. The van der Waals surface area contributed by atoms with Gasteiger partial charge in [-0.2, -0.15) is 0 Å². The lowest BCUT2D eigenvalue weighted by molar-refractivity contribution is -0.160. The summed E-state index contributed by atoms with van der Waals surface area (Å²) in [5.41, 5.74) is 0.475. The highest BCUT2D eigenvalue weighted by Gasteiger charge is 2.43. The molecule has 1 aromatic carbocycles. The van der Waals surface area contributed by atoms with Gasteiger partial charge in [0, 0.05) is 12.7 Å². The highest BCUT2D eigenvalue weighted by atomic mass is 32.2. The summed E-state index contributed by atoms with van der Waals surface area (Å²) in [6.07, 6.45) is 0.471. The van der Waals surface area contributed by atoms with E-state index in [4.69, 9.17) is 13.9 Å². The molecule has 1 fully saturated rings. The summed E-state index contributed by atoms with van der Waals surface area (Å²) in [5, 5.41) is 2.28. The van der Waals surface area contributed by atoms with Crippen molar-refractivity contribution in [3.63, 3.8) is 0 Å². The molecule has 1 aliphatic heterocycles. The van der Waals surface area contributed by atoms with Gasteiger partial charge in [-0.1, -0.05) is 12.1 Å². The van der Waals surface area contributed by atoms with Gasteiger partial charge in [0.05, 0.1) is 19.1 Å². The maximum Gasteiger partial charge on any atom is 0.330 e. The van der Waals surface area contributed by atoms with E-state index < -0.39 is 29.4 Å². The van der Waals surface area contributed by atoms with E-state index in [1.54, 1.807) is 36.4 Å². The van der Waals surface area contributed by atoms with Crippen LogP contribution in [0, 0.1) is 0 Å². The maximum absolute atomic E-state index is 12.7. The summed E-state index contributed by atoms with van der Waals surface area (Å²) in [5.74, 6) is 0.0300. The van der Waals surface area contributed by atoms with Crippen LogP contribution in [-0.4, -0.2) is 47.7 Å². The minimum absolute atomic E-state index is 0.274. The van der Waals surface area contributed by atoms with E-state index in [-0.39, 0.29) is 5.91 Å². The van der Waals surface area contributed by atoms with Crippen LogP contribution in [0.15, 0.2) is 47.1 Å². The van der Waals surface area contributed by atoms with Crippen molar-refractivity contribution >= 4 is 35.2 Å². The monoisotopic (exact) mass is 418 g/mol. The summed E-state index contributed by atoms with van der Waals surface area (Å²) in [6.45, 7) is 2.87. The van der Waals surface area contributed by atoms with Gasteiger partial charge in [0.2, 0.25) is 5.91 Å². The summed E-state index contributed by atoms with van der Waals surface area (Å²) < 4.78 is 15.9. The second kappa shape index (κ2) is 9.04. The van der Waals surface area contributed by atoms with Crippen LogP contribution in [0.3, 0.4) is 0 Å². The van der Waals surface area contributed by atoms with Crippen LogP contribution < -0.4 is 10.1 Å². The highest BCUT2D eigenvalue weighted by molar-refractivity contribution is 7.99. The Morgan fingerprint density at radius 1 is 1.24 bits per heavy atom. The molecule has 2 aromatic rings. The Morgan fingerprint density at radius 3 is 2.66 bits per heavy atom. The Bertz CT molecular complexity index is 885. The summed E-state index contributed by atoms with van der Waals surface area (Å²) in [4.78, 5) is 38.7. The number of thioether (sulfide) groups is 1. The number of esters is 1. The molecule has 8 nitrogen and oxygen atoms in total. The Balaban J connectivity index is 1.65. The maximum atomic E-state index is 12.7. The van der Waals surface area contributed by atoms with Gasteiger partial charge in [-0.05, 0) is 31.2 Å². The third-order valence-electron chi connectivity index (χ3n) is 4.45. The van der Waals surface area contributed by atoms with Crippen molar-refractivity contribution in [3.8, 4) is 5.75 Å². The number of ether oxygens (including phenoxy) is 2. The highest BCUT2D eigenvalue weighted by Crippen LogP contribution is 2.41. The van der Waals surface area contributed by atoms with Gasteiger partial charge in [-0.25, -0.2) is 4.79 Å². The molecule has 3 rings (SSSR count). The molecule has 1 aliphatic rings. The van der Waals surface area contributed by atoms with E-state index in [9.17, 15) is 14.4 Å². The van der Waals surface area contributed by atoms with E-state index in [0.717, 1.165) is 0 Å². The second-order valence-corrected chi connectivity index (χ2v) is 7.53. The van der Waals surface area contributed by atoms with Crippen LogP contribution in [0.4, 0.5) is 5.69 Å².